The van der Waals surface area contributed by atoms with E-state index >= 15 is 0 Å². The lowest BCUT2D eigenvalue weighted by Gasteiger charge is -2.30. The SMILES string of the molecule is CC(=O)[C@H](N)[C@@H](C)C1CCCCC1. The van der Waals surface area contributed by atoms with Gasteiger partial charge in [-0.25, -0.2) is 0 Å². The van der Waals surface area contributed by atoms with E-state index in [1.54, 1.807) is 6.92 Å². The predicted octanol–water partition coefficient (Wildman–Crippen LogP) is 2.12. The molecule has 0 aromatic rings. The van der Waals surface area contributed by atoms with Gasteiger partial charge in [-0.1, -0.05) is 39.0 Å². The molecule has 1 rings (SSSR count). The summed E-state index contributed by atoms with van der Waals surface area (Å²) in [5.74, 6) is 1.20. The minimum atomic E-state index is -0.233. The summed E-state index contributed by atoms with van der Waals surface area (Å²) in [4.78, 5) is 11.1. The van der Waals surface area contributed by atoms with Gasteiger partial charge in [0.2, 0.25) is 0 Å². The monoisotopic (exact) mass is 183 g/mol. The highest BCUT2D eigenvalue weighted by Gasteiger charge is 2.26. The zero-order valence-corrected chi connectivity index (χ0v) is 8.75. The van der Waals surface area contributed by atoms with Crippen molar-refractivity contribution in [3.8, 4) is 0 Å². The summed E-state index contributed by atoms with van der Waals surface area (Å²) in [6.45, 7) is 3.73. The molecule has 13 heavy (non-hydrogen) atoms. The fourth-order valence-electron chi connectivity index (χ4n) is 2.32. The second kappa shape index (κ2) is 4.75. The molecule has 0 radical (unpaired) electrons. The van der Waals surface area contributed by atoms with Gasteiger partial charge in [0.05, 0.1) is 6.04 Å². The molecule has 0 saturated heterocycles. The fourth-order valence-corrected chi connectivity index (χ4v) is 2.32. The lowest BCUT2D eigenvalue weighted by molar-refractivity contribution is -0.119. The molecule has 2 nitrogen and oxygen atoms in total. The molecule has 2 heteroatoms. The summed E-state index contributed by atoms with van der Waals surface area (Å²) in [6, 6.07) is -0.233. The minimum absolute atomic E-state index is 0.137. The van der Waals surface area contributed by atoms with E-state index in [2.05, 4.69) is 6.92 Å². The molecule has 1 saturated carbocycles. The van der Waals surface area contributed by atoms with Gasteiger partial charge in [0.15, 0.2) is 0 Å². The number of ketones is 1. The van der Waals surface area contributed by atoms with Crippen molar-refractivity contribution < 1.29 is 4.79 Å². The Bertz CT molecular complexity index is 173. The third-order valence-corrected chi connectivity index (χ3v) is 3.43. The van der Waals surface area contributed by atoms with Gasteiger partial charge in [-0.15, -0.1) is 0 Å². The quantitative estimate of drug-likeness (QED) is 0.728. The maximum absolute atomic E-state index is 11.1. The molecule has 0 aromatic heterocycles. The first-order valence-corrected chi connectivity index (χ1v) is 5.39. The van der Waals surface area contributed by atoms with E-state index in [1.807, 2.05) is 0 Å². The first-order chi connectivity index (χ1) is 6.13. The molecule has 0 aliphatic heterocycles. The van der Waals surface area contributed by atoms with Gasteiger partial charge < -0.3 is 5.73 Å². The number of hydrogen-bond acceptors (Lipinski definition) is 2. The van der Waals surface area contributed by atoms with E-state index in [4.69, 9.17) is 5.73 Å². The fraction of sp³-hybridized carbons (Fsp3) is 0.909. The molecular formula is C11H21NO. The molecular weight excluding hydrogens is 162 g/mol. The van der Waals surface area contributed by atoms with Crippen molar-refractivity contribution >= 4 is 5.78 Å². The lowest BCUT2D eigenvalue weighted by Crippen LogP contribution is -2.39. The van der Waals surface area contributed by atoms with E-state index in [-0.39, 0.29) is 11.8 Å². The first kappa shape index (κ1) is 10.7. The smallest absolute Gasteiger partial charge is 0.146 e. The van der Waals surface area contributed by atoms with Crippen LogP contribution in [0.25, 0.3) is 0 Å². The van der Waals surface area contributed by atoms with E-state index in [0.29, 0.717) is 11.8 Å². The average Bonchev–Trinajstić information content (AvgIpc) is 2.17. The van der Waals surface area contributed by atoms with Gasteiger partial charge in [-0.2, -0.15) is 0 Å². The Labute approximate surface area is 80.9 Å². The van der Waals surface area contributed by atoms with Gasteiger partial charge in [-0.05, 0) is 18.8 Å². The van der Waals surface area contributed by atoms with Crippen LogP contribution in [0.5, 0.6) is 0 Å². The van der Waals surface area contributed by atoms with Crippen molar-refractivity contribution in [3.63, 3.8) is 0 Å². The zero-order valence-electron chi connectivity index (χ0n) is 8.75. The molecule has 0 bridgehead atoms. The van der Waals surface area contributed by atoms with Crippen LogP contribution in [0.2, 0.25) is 0 Å². The number of hydrogen-bond donors (Lipinski definition) is 1. The van der Waals surface area contributed by atoms with Crippen LogP contribution in [0.4, 0.5) is 0 Å². The summed E-state index contributed by atoms with van der Waals surface area (Å²) < 4.78 is 0. The lowest BCUT2D eigenvalue weighted by atomic mass is 9.77. The normalized spacial score (nSPS) is 23.9. The summed E-state index contributed by atoms with van der Waals surface area (Å²) in [6.07, 6.45) is 6.53. The van der Waals surface area contributed by atoms with Gasteiger partial charge in [-0.3, -0.25) is 4.79 Å². The Balaban J connectivity index is 2.44. The standard InChI is InChI=1S/C11H21NO/c1-8(11(12)9(2)13)10-6-4-3-5-7-10/h8,10-11H,3-7,12H2,1-2H3/t8-,11+/m0/s1. The van der Waals surface area contributed by atoms with Crippen LogP contribution < -0.4 is 5.73 Å². The van der Waals surface area contributed by atoms with Gasteiger partial charge >= 0.3 is 0 Å². The Morgan fingerprint density at radius 2 is 1.85 bits per heavy atom. The Morgan fingerprint density at radius 3 is 2.31 bits per heavy atom. The van der Waals surface area contributed by atoms with Crippen molar-refractivity contribution in [2.24, 2.45) is 17.6 Å². The Hall–Kier alpha value is -0.370. The van der Waals surface area contributed by atoms with Gasteiger partial charge in [0, 0.05) is 0 Å². The molecule has 0 amide bonds. The highest BCUT2D eigenvalue weighted by atomic mass is 16.1. The van der Waals surface area contributed by atoms with E-state index in [9.17, 15) is 4.79 Å². The van der Waals surface area contributed by atoms with Crippen molar-refractivity contribution in [2.45, 2.75) is 52.0 Å². The van der Waals surface area contributed by atoms with Crippen LogP contribution in [0.1, 0.15) is 46.0 Å². The van der Waals surface area contributed by atoms with Crippen molar-refractivity contribution in [2.75, 3.05) is 0 Å². The summed E-state index contributed by atoms with van der Waals surface area (Å²) in [5, 5.41) is 0. The largest absolute Gasteiger partial charge is 0.321 e. The molecule has 0 aromatic carbocycles. The highest BCUT2D eigenvalue weighted by Crippen LogP contribution is 2.31. The Morgan fingerprint density at radius 1 is 1.31 bits per heavy atom. The summed E-state index contributed by atoms with van der Waals surface area (Å²) in [7, 11) is 0. The van der Waals surface area contributed by atoms with Gasteiger partial charge in [0.1, 0.15) is 5.78 Å². The van der Waals surface area contributed by atoms with Gasteiger partial charge in [0.25, 0.3) is 0 Å². The summed E-state index contributed by atoms with van der Waals surface area (Å²) in [5.41, 5.74) is 5.84. The molecule has 2 N–H and O–H groups in total. The topological polar surface area (TPSA) is 43.1 Å². The number of nitrogens with two attached hydrogens (primary N) is 1. The van der Waals surface area contributed by atoms with Crippen molar-refractivity contribution in [3.05, 3.63) is 0 Å². The number of carbonyl (C=O) groups is 1. The van der Waals surface area contributed by atoms with Crippen LogP contribution in [0.15, 0.2) is 0 Å². The number of rotatable bonds is 3. The highest BCUT2D eigenvalue weighted by molar-refractivity contribution is 5.81. The third kappa shape index (κ3) is 2.80. The average molecular weight is 183 g/mol. The molecule has 1 aliphatic rings. The molecule has 0 heterocycles. The number of Topliss-reactive ketones (excluding diaryl/α,β-unsaturated/α-hetero) is 1. The molecule has 0 spiro atoms. The minimum Gasteiger partial charge on any atom is -0.321 e. The van der Waals surface area contributed by atoms with Crippen LogP contribution in [-0.2, 0) is 4.79 Å². The molecule has 76 valence electrons. The van der Waals surface area contributed by atoms with Crippen molar-refractivity contribution in [1.82, 2.24) is 0 Å². The maximum atomic E-state index is 11.1. The molecule has 1 aliphatic carbocycles. The number of carbonyl (C=O) groups excluding carboxylic acids is 1. The maximum Gasteiger partial charge on any atom is 0.146 e. The summed E-state index contributed by atoms with van der Waals surface area (Å²) >= 11 is 0. The van der Waals surface area contributed by atoms with Crippen molar-refractivity contribution in [1.29, 1.82) is 0 Å². The zero-order chi connectivity index (χ0) is 9.84. The second-order valence-corrected chi connectivity index (χ2v) is 4.39. The van der Waals surface area contributed by atoms with E-state index in [1.165, 1.54) is 32.1 Å². The van der Waals surface area contributed by atoms with E-state index in [0.717, 1.165) is 0 Å². The van der Waals surface area contributed by atoms with Crippen LogP contribution >= 0.6 is 0 Å². The molecule has 2 atom stereocenters. The predicted molar refractivity (Wildman–Crippen MR) is 54.4 cm³/mol. The first-order valence-electron chi connectivity index (χ1n) is 5.39. The molecule has 1 fully saturated rings. The van der Waals surface area contributed by atoms with Crippen LogP contribution in [0, 0.1) is 11.8 Å². The van der Waals surface area contributed by atoms with Crippen LogP contribution in [0.3, 0.4) is 0 Å². The van der Waals surface area contributed by atoms with Crippen LogP contribution in [-0.4, -0.2) is 11.8 Å². The third-order valence-electron chi connectivity index (χ3n) is 3.43. The Kier molecular flexibility index (Phi) is 3.91. The second-order valence-electron chi connectivity index (χ2n) is 4.39. The molecule has 0 unspecified atom stereocenters. The van der Waals surface area contributed by atoms with E-state index < -0.39 is 0 Å².